The van der Waals surface area contributed by atoms with Gasteiger partial charge < -0.3 is 11.5 Å². The van der Waals surface area contributed by atoms with Crippen LogP contribution in [0.5, 0.6) is 0 Å². The van der Waals surface area contributed by atoms with Crippen LogP contribution >= 0.6 is 0 Å². The third-order valence-electron chi connectivity index (χ3n) is 11.3. The van der Waals surface area contributed by atoms with Gasteiger partial charge in [0.25, 0.3) is 0 Å². The minimum absolute atomic E-state index is 0.142. The minimum atomic E-state index is -3.71. The smallest absolute Gasteiger partial charge is 0.240 e. The molecule has 20 heteroatoms. The van der Waals surface area contributed by atoms with Crippen LogP contribution in [-0.4, -0.2) is 59.5 Å². The Balaban J connectivity index is 1.40. The van der Waals surface area contributed by atoms with E-state index in [0.717, 1.165) is 51.4 Å². The standard InChI is InChI=1S/C46H68N14O4S2/c1-11-15-17-31(13-3)28-51-65(61,62)35-23-19-33(20-24-35)53-55-39-41(45(5,6)7)57-59(43(39)47)37-27-38(50-30-49-37)60-44(48)40(42(58-60)46(8,9)10)56-54-34-21-25-36(26-22-34)66(63,64)52-29-32(14-4)18-16-12-2/h19-27,30-32,51-52H,11-18,28-29,47-48H2,1-10H3. The maximum absolute atomic E-state index is 13.1. The van der Waals surface area contributed by atoms with Crippen LogP contribution in [0.3, 0.4) is 0 Å². The molecule has 5 rings (SSSR count). The molecule has 0 bridgehead atoms. The summed E-state index contributed by atoms with van der Waals surface area (Å²) in [6.07, 6.45) is 9.35. The van der Waals surface area contributed by atoms with Crippen molar-refractivity contribution in [1.82, 2.24) is 39.0 Å². The zero-order valence-corrected chi connectivity index (χ0v) is 41.7. The number of azo groups is 2. The van der Waals surface area contributed by atoms with Gasteiger partial charge in [-0.15, -0.1) is 10.2 Å². The first-order valence-electron chi connectivity index (χ1n) is 22.8. The summed E-state index contributed by atoms with van der Waals surface area (Å²) < 4.78 is 60.7. The van der Waals surface area contributed by atoms with Gasteiger partial charge in [0.1, 0.15) is 6.33 Å². The summed E-state index contributed by atoms with van der Waals surface area (Å²) >= 11 is 0. The van der Waals surface area contributed by atoms with Crippen molar-refractivity contribution in [3.63, 3.8) is 0 Å². The van der Waals surface area contributed by atoms with Gasteiger partial charge in [0.15, 0.2) is 34.6 Å². The molecule has 358 valence electrons. The molecule has 0 spiro atoms. The molecular weight excluding hydrogens is 877 g/mol. The Morgan fingerprint density at radius 1 is 0.591 bits per heavy atom. The van der Waals surface area contributed by atoms with Crippen molar-refractivity contribution >= 4 is 54.4 Å². The van der Waals surface area contributed by atoms with E-state index in [1.165, 1.54) is 40.0 Å². The lowest BCUT2D eigenvalue weighted by Crippen LogP contribution is -2.29. The van der Waals surface area contributed by atoms with Crippen molar-refractivity contribution in [2.45, 2.75) is 141 Å². The van der Waals surface area contributed by atoms with E-state index in [1.54, 1.807) is 30.3 Å². The number of hydrogen-bond acceptors (Lipinski definition) is 14. The summed E-state index contributed by atoms with van der Waals surface area (Å²) in [5.74, 6) is 1.49. The van der Waals surface area contributed by atoms with Crippen molar-refractivity contribution in [2.75, 3.05) is 24.6 Å². The Hall–Kier alpha value is -5.44. The number of nitrogens with zero attached hydrogens (tertiary/aromatic N) is 10. The van der Waals surface area contributed by atoms with Gasteiger partial charge in [-0.25, -0.2) is 36.2 Å². The monoisotopic (exact) mass is 944 g/mol. The molecule has 0 aliphatic rings. The highest BCUT2D eigenvalue weighted by Gasteiger charge is 2.30. The highest BCUT2D eigenvalue weighted by atomic mass is 32.2. The molecule has 0 fully saturated rings. The van der Waals surface area contributed by atoms with Crippen molar-refractivity contribution in [2.24, 2.45) is 32.3 Å². The molecule has 0 aliphatic heterocycles. The van der Waals surface area contributed by atoms with Crippen LogP contribution in [0.1, 0.15) is 132 Å². The van der Waals surface area contributed by atoms with E-state index in [1.807, 2.05) is 41.5 Å². The third kappa shape index (κ3) is 12.9. The molecule has 2 aromatic carbocycles. The fourth-order valence-electron chi connectivity index (χ4n) is 7.08. The van der Waals surface area contributed by atoms with Gasteiger partial charge in [-0.05, 0) is 73.2 Å². The van der Waals surface area contributed by atoms with Gasteiger partial charge in [-0.2, -0.15) is 29.8 Å². The Labute approximate surface area is 390 Å². The summed E-state index contributed by atoms with van der Waals surface area (Å²) in [6.45, 7) is 21.0. The van der Waals surface area contributed by atoms with Crippen LogP contribution in [-0.2, 0) is 30.9 Å². The highest BCUT2D eigenvalue weighted by Crippen LogP contribution is 2.40. The first kappa shape index (κ1) is 51.5. The van der Waals surface area contributed by atoms with Crippen LogP contribution in [0, 0.1) is 11.8 Å². The van der Waals surface area contributed by atoms with Gasteiger partial charge in [-0.1, -0.05) is 108 Å². The topological polar surface area (TPSA) is 255 Å². The number of rotatable bonds is 22. The van der Waals surface area contributed by atoms with Crippen LogP contribution < -0.4 is 20.9 Å². The van der Waals surface area contributed by atoms with Gasteiger partial charge in [0.2, 0.25) is 20.0 Å². The molecule has 0 aliphatic carbocycles. The number of aromatic nitrogens is 6. The fourth-order valence-corrected chi connectivity index (χ4v) is 9.31. The molecule has 0 radical (unpaired) electrons. The predicted octanol–water partition coefficient (Wildman–Crippen LogP) is 10.4. The molecule has 5 aromatic rings. The maximum Gasteiger partial charge on any atom is 0.240 e. The SMILES string of the molecule is CCCCC(CC)CNS(=O)(=O)c1ccc(N=Nc2c(C(C)(C)C)nn(-c3cc(-n4nc(C(C)(C)C)c(N=Nc5ccc(S(=O)(=O)NCC(CC)CCCC)cc5)c4N)ncn3)c2N)cc1. The molecule has 0 saturated heterocycles. The Morgan fingerprint density at radius 2 is 0.955 bits per heavy atom. The lowest BCUT2D eigenvalue weighted by atomic mass is 9.91. The molecule has 2 unspecified atom stereocenters. The number of benzene rings is 2. The molecule has 0 saturated carbocycles. The maximum atomic E-state index is 13.1. The number of sulfonamides is 2. The zero-order chi connectivity index (χ0) is 48.5. The van der Waals surface area contributed by atoms with E-state index < -0.39 is 30.9 Å². The molecule has 2 atom stereocenters. The molecule has 6 N–H and O–H groups in total. The largest absolute Gasteiger partial charge is 0.382 e. The number of nitrogens with one attached hydrogen (secondary N) is 2. The fraction of sp³-hybridized carbons (Fsp3) is 0.522. The van der Waals surface area contributed by atoms with Crippen LogP contribution in [0.25, 0.3) is 11.6 Å². The van der Waals surface area contributed by atoms with Crippen molar-refractivity contribution < 1.29 is 16.8 Å². The summed E-state index contributed by atoms with van der Waals surface area (Å²) in [4.78, 5) is 9.24. The lowest BCUT2D eigenvalue weighted by Gasteiger charge is -2.15. The van der Waals surface area contributed by atoms with Gasteiger partial charge in [-0.3, -0.25) is 0 Å². The average molecular weight is 945 g/mol. The number of hydrogen-bond donors (Lipinski definition) is 4. The molecular formula is C46H68N14O4S2. The second-order valence-corrected chi connectivity index (χ2v) is 22.2. The summed E-state index contributed by atoms with van der Waals surface area (Å²) in [6, 6.07) is 14.0. The summed E-state index contributed by atoms with van der Waals surface area (Å²) in [5.41, 5.74) is 15.0. The van der Waals surface area contributed by atoms with Crippen molar-refractivity contribution in [3.05, 3.63) is 72.3 Å². The van der Waals surface area contributed by atoms with E-state index in [9.17, 15) is 16.8 Å². The van der Waals surface area contributed by atoms with Crippen LogP contribution in [0.15, 0.2) is 91.2 Å². The van der Waals surface area contributed by atoms with Crippen molar-refractivity contribution in [1.29, 1.82) is 0 Å². The van der Waals surface area contributed by atoms with E-state index in [-0.39, 0.29) is 33.3 Å². The quantitative estimate of drug-likeness (QED) is 0.0477. The predicted molar refractivity (Wildman–Crippen MR) is 261 cm³/mol. The molecule has 0 amide bonds. The number of unbranched alkanes of at least 4 members (excludes halogenated alkanes) is 2. The third-order valence-corrected chi connectivity index (χ3v) is 14.2. The Kier molecular flexibility index (Phi) is 17.1. The van der Waals surface area contributed by atoms with E-state index in [2.05, 4.69) is 67.6 Å². The summed E-state index contributed by atoms with van der Waals surface area (Å²) in [7, 11) is -7.41. The van der Waals surface area contributed by atoms with Crippen LogP contribution in [0.4, 0.5) is 34.4 Å². The van der Waals surface area contributed by atoms with E-state index in [0.29, 0.717) is 58.9 Å². The van der Waals surface area contributed by atoms with Gasteiger partial charge >= 0.3 is 0 Å². The van der Waals surface area contributed by atoms with E-state index >= 15 is 0 Å². The number of nitrogen functional groups attached to an aromatic ring is 2. The van der Waals surface area contributed by atoms with Gasteiger partial charge in [0, 0.05) is 30.0 Å². The molecule has 66 heavy (non-hydrogen) atoms. The molecule has 3 heterocycles. The average Bonchev–Trinajstić information content (AvgIpc) is 3.81. The number of anilines is 2. The Morgan fingerprint density at radius 3 is 1.27 bits per heavy atom. The first-order valence-corrected chi connectivity index (χ1v) is 25.7. The number of nitrogens with two attached hydrogens (primary N) is 2. The molecule has 3 aromatic heterocycles. The normalized spacial score (nSPS) is 13.8. The minimum Gasteiger partial charge on any atom is -0.382 e. The van der Waals surface area contributed by atoms with Crippen molar-refractivity contribution in [3.8, 4) is 11.6 Å². The Bertz CT molecular complexity index is 2500. The second-order valence-electron chi connectivity index (χ2n) is 18.6. The van der Waals surface area contributed by atoms with E-state index in [4.69, 9.17) is 21.7 Å². The molecule has 18 nitrogen and oxygen atoms in total. The van der Waals surface area contributed by atoms with Crippen LogP contribution in [0.2, 0.25) is 0 Å². The lowest BCUT2D eigenvalue weighted by molar-refractivity contribution is 0.443. The second kappa shape index (κ2) is 21.9. The summed E-state index contributed by atoms with van der Waals surface area (Å²) in [5, 5.41) is 27.5. The zero-order valence-electron chi connectivity index (χ0n) is 40.1. The first-order chi connectivity index (χ1) is 31.1. The van der Waals surface area contributed by atoms with Gasteiger partial charge in [0.05, 0.1) is 32.6 Å². The highest BCUT2D eigenvalue weighted by molar-refractivity contribution is 7.89.